The fourth-order valence-electron chi connectivity index (χ4n) is 1.31. The van der Waals surface area contributed by atoms with E-state index >= 15 is 0 Å². The van der Waals surface area contributed by atoms with Crippen LogP contribution in [0.1, 0.15) is 5.56 Å². The number of halogens is 2. The molecule has 0 aromatic heterocycles. The van der Waals surface area contributed by atoms with Gasteiger partial charge in [-0.1, -0.05) is 18.2 Å². The van der Waals surface area contributed by atoms with Gasteiger partial charge in [-0.25, -0.2) is 0 Å². The Hall–Kier alpha value is -1.69. The SMILES string of the molecule is NCCNC(=O)Cc1ccccc1OC(F)F. The third kappa shape index (κ3) is 4.78. The summed E-state index contributed by atoms with van der Waals surface area (Å²) in [5.74, 6) is -0.258. The van der Waals surface area contributed by atoms with Crippen LogP contribution in [0.5, 0.6) is 5.75 Å². The minimum atomic E-state index is -2.90. The Labute approximate surface area is 97.8 Å². The summed E-state index contributed by atoms with van der Waals surface area (Å²) in [6, 6.07) is 6.19. The number of nitrogens with one attached hydrogen (secondary N) is 1. The van der Waals surface area contributed by atoms with Gasteiger partial charge in [-0.15, -0.1) is 0 Å². The van der Waals surface area contributed by atoms with E-state index in [1.807, 2.05) is 0 Å². The van der Waals surface area contributed by atoms with E-state index in [0.29, 0.717) is 18.7 Å². The Morgan fingerprint density at radius 3 is 2.76 bits per heavy atom. The molecular weight excluding hydrogens is 230 g/mol. The molecule has 4 nitrogen and oxygen atoms in total. The van der Waals surface area contributed by atoms with Crippen molar-refractivity contribution >= 4 is 5.91 Å². The third-order valence-corrected chi connectivity index (χ3v) is 2.01. The van der Waals surface area contributed by atoms with Gasteiger partial charge in [-0.05, 0) is 6.07 Å². The maximum atomic E-state index is 12.1. The number of hydrogen-bond donors (Lipinski definition) is 2. The van der Waals surface area contributed by atoms with Gasteiger partial charge in [0.1, 0.15) is 5.75 Å². The molecule has 1 rings (SSSR count). The number of amides is 1. The molecule has 0 spiro atoms. The number of rotatable bonds is 6. The summed E-state index contributed by atoms with van der Waals surface area (Å²) in [4.78, 5) is 11.4. The van der Waals surface area contributed by atoms with Crippen molar-refractivity contribution in [3.8, 4) is 5.75 Å². The predicted molar refractivity (Wildman–Crippen MR) is 58.8 cm³/mol. The van der Waals surface area contributed by atoms with E-state index in [0.717, 1.165) is 0 Å². The van der Waals surface area contributed by atoms with Crippen LogP contribution < -0.4 is 15.8 Å². The fraction of sp³-hybridized carbons (Fsp3) is 0.364. The largest absolute Gasteiger partial charge is 0.435 e. The number of para-hydroxylation sites is 1. The zero-order valence-electron chi connectivity index (χ0n) is 9.16. The maximum absolute atomic E-state index is 12.1. The second-order valence-electron chi connectivity index (χ2n) is 3.30. The van der Waals surface area contributed by atoms with Crippen LogP contribution in [0.4, 0.5) is 8.78 Å². The average Bonchev–Trinajstić information content (AvgIpc) is 2.28. The topological polar surface area (TPSA) is 64.3 Å². The first-order valence-electron chi connectivity index (χ1n) is 5.13. The number of ether oxygens (including phenoxy) is 1. The quantitative estimate of drug-likeness (QED) is 0.781. The molecule has 17 heavy (non-hydrogen) atoms. The second-order valence-corrected chi connectivity index (χ2v) is 3.30. The lowest BCUT2D eigenvalue weighted by Crippen LogP contribution is -2.30. The highest BCUT2D eigenvalue weighted by atomic mass is 19.3. The van der Waals surface area contributed by atoms with Crippen LogP contribution in [-0.4, -0.2) is 25.6 Å². The van der Waals surface area contributed by atoms with Crippen LogP contribution in [0.15, 0.2) is 24.3 Å². The first-order valence-corrected chi connectivity index (χ1v) is 5.13. The number of nitrogens with two attached hydrogens (primary N) is 1. The monoisotopic (exact) mass is 244 g/mol. The zero-order valence-corrected chi connectivity index (χ0v) is 9.16. The van der Waals surface area contributed by atoms with E-state index in [-0.39, 0.29) is 18.1 Å². The van der Waals surface area contributed by atoms with Gasteiger partial charge in [0.2, 0.25) is 5.91 Å². The normalized spacial score (nSPS) is 10.4. The summed E-state index contributed by atoms with van der Waals surface area (Å²) < 4.78 is 28.5. The molecule has 1 amide bonds. The van der Waals surface area contributed by atoms with Crippen LogP contribution in [0.25, 0.3) is 0 Å². The molecule has 0 saturated carbocycles. The number of carbonyl (C=O) groups is 1. The summed E-state index contributed by atoms with van der Waals surface area (Å²) in [7, 11) is 0. The van der Waals surface area contributed by atoms with Gasteiger partial charge >= 0.3 is 6.61 Å². The molecule has 1 aromatic rings. The maximum Gasteiger partial charge on any atom is 0.387 e. The zero-order chi connectivity index (χ0) is 12.7. The molecule has 94 valence electrons. The van der Waals surface area contributed by atoms with Gasteiger partial charge in [0.15, 0.2) is 0 Å². The van der Waals surface area contributed by atoms with Gasteiger partial charge in [0, 0.05) is 18.7 Å². The minimum Gasteiger partial charge on any atom is -0.435 e. The first kappa shape index (κ1) is 13.4. The van der Waals surface area contributed by atoms with Crippen LogP contribution in [0, 0.1) is 0 Å². The Bertz CT molecular complexity index is 372. The van der Waals surface area contributed by atoms with Crippen LogP contribution in [0.2, 0.25) is 0 Å². The molecule has 0 heterocycles. The molecule has 0 radical (unpaired) electrons. The van der Waals surface area contributed by atoms with E-state index in [1.54, 1.807) is 18.2 Å². The minimum absolute atomic E-state index is 0.0110. The first-order chi connectivity index (χ1) is 8.13. The Balaban J connectivity index is 2.66. The van der Waals surface area contributed by atoms with E-state index in [4.69, 9.17) is 5.73 Å². The molecule has 3 N–H and O–H groups in total. The van der Waals surface area contributed by atoms with E-state index in [1.165, 1.54) is 6.07 Å². The van der Waals surface area contributed by atoms with Crippen LogP contribution >= 0.6 is 0 Å². The average molecular weight is 244 g/mol. The smallest absolute Gasteiger partial charge is 0.387 e. The molecule has 0 unspecified atom stereocenters. The summed E-state index contributed by atoms with van der Waals surface area (Å²) in [5.41, 5.74) is 5.65. The molecule has 0 fully saturated rings. The highest BCUT2D eigenvalue weighted by Crippen LogP contribution is 2.20. The Kier molecular flexibility index (Phi) is 5.35. The lowest BCUT2D eigenvalue weighted by atomic mass is 10.1. The molecule has 0 atom stereocenters. The molecular formula is C11H14F2N2O2. The van der Waals surface area contributed by atoms with Gasteiger partial charge in [0.25, 0.3) is 0 Å². The molecule has 0 aliphatic rings. The van der Waals surface area contributed by atoms with Crippen molar-refractivity contribution < 1.29 is 18.3 Å². The van der Waals surface area contributed by atoms with Crippen molar-refractivity contribution in [3.63, 3.8) is 0 Å². The summed E-state index contributed by atoms with van der Waals surface area (Å²) >= 11 is 0. The standard InChI is InChI=1S/C11H14F2N2O2/c12-11(13)17-9-4-2-1-3-8(9)7-10(16)15-6-5-14/h1-4,11H,5-7,14H2,(H,15,16). The van der Waals surface area contributed by atoms with Crippen molar-refractivity contribution in [2.45, 2.75) is 13.0 Å². The molecule has 0 aliphatic carbocycles. The van der Waals surface area contributed by atoms with Crippen molar-refractivity contribution in [1.29, 1.82) is 0 Å². The fourth-order valence-corrected chi connectivity index (χ4v) is 1.31. The molecule has 0 saturated heterocycles. The molecule has 0 bridgehead atoms. The third-order valence-electron chi connectivity index (χ3n) is 2.01. The Morgan fingerprint density at radius 2 is 2.12 bits per heavy atom. The van der Waals surface area contributed by atoms with Gasteiger partial charge < -0.3 is 15.8 Å². The molecule has 0 aliphatic heterocycles. The second kappa shape index (κ2) is 6.80. The summed E-state index contributed by atoms with van der Waals surface area (Å²) in [6.07, 6.45) is -0.0110. The van der Waals surface area contributed by atoms with E-state index in [9.17, 15) is 13.6 Å². The lowest BCUT2D eigenvalue weighted by Gasteiger charge is -2.10. The van der Waals surface area contributed by atoms with Gasteiger partial charge in [0.05, 0.1) is 6.42 Å². The van der Waals surface area contributed by atoms with Gasteiger partial charge in [-0.2, -0.15) is 8.78 Å². The van der Waals surface area contributed by atoms with Crippen molar-refractivity contribution in [1.82, 2.24) is 5.32 Å². The Morgan fingerprint density at radius 1 is 1.41 bits per heavy atom. The lowest BCUT2D eigenvalue weighted by molar-refractivity contribution is -0.120. The number of benzene rings is 1. The molecule has 1 aromatic carbocycles. The number of alkyl halides is 2. The van der Waals surface area contributed by atoms with E-state index in [2.05, 4.69) is 10.1 Å². The predicted octanol–water partition coefficient (Wildman–Crippen LogP) is 0.905. The highest BCUT2D eigenvalue weighted by molar-refractivity contribution is 5.79. The number of hydrogen-bond acceptors (Lipinski definition) is 3. The van der Waals surface area contributed by atoms with Crippen molar-refractivity contribution in [2.75, 3.05) is 13.1 Å². The van der Waals surface area contributed by atoms with Crippen LogP contribution in [0.3, 0.4) is 0 Å². The highest BCUT2D eigenvalue weighted by Gasteiger charge is 2.11. The summed E-state index contributed by atoms with van der Waals surface area (Å²) in [5, 5.41) is 2.55. The van der Waals surface area contributed by atoms with Crippen molar-refractivity contribution in [2.24, 2.45) is 5.73 Å². The van der Waals surface area contributed by atoms with E-state index < -0.39 is 6.61 Å². The van der Waals surface area contributed by atoms with Crippen LogP contribution in [-0.2, 0) is 11.2 Å². The molecule has 6 heteroatoms. The number of carbonyl (C=O) groups excluding carboxylic acids is 1. The van der Waals surface area contributed by atoms with Gasteiger partial charge in [-0.3, -0.25) is 4.79 Å². The van der Waals surface area contributed by atoms with Crippen molar-refractivity contribution in [3.05, 3.63) is 29.8 Å². The summed E-state index contributed by atoms with van der Waals surface area (Å²) in [6.45, 7) is -2.21.